The summed E-state index contributed by atoms with van der Waals surface area (Å²) in [5, 5.41) is 0. The van der Waals surface area contributed by atoms with Crippen LogP contribution in [-0.2, 0) is 4.79 Å². The average molecular weight is 239 g/mol. The van der Waals surface area contributed by atoms with Crippen LogP contribution in [0, 0.1) is 23.2 Å². The van der Waals surface area contributed by atoms with Gasteiger partial charge in [0.05, 0.1) is 0 Å². The van der Waals surface area contributed by atoms with Crippen LogP contribution in [0.2, 0.25) is 0 Å². The zero-order valence-electron chi connectivity index (χ0n) is 12.0. The first-order chi connectivity index (χ1) is 7.99. The fourth-order valence-electron chi connectivity index (χ4n) is 3.58. The van der Waals surface area contributed by atoms with Crippen molar-refractivity contribution < 1.29 is 4.79 Å². The highest BCUT2D eigenvalue weighted by Gasteiger charge is 2.40. The molecule has 0 bridgehead atoms. The first-order valence-electron chi connectivity index (χ1n) is 7.23. The number of nitrogens with two attached hydrogens (primary N) is 1. The molecule has 1 fully saturated rings. The van der Waals surface area contributed by atoms with Gasteiger partial charge >= 0.3 is 0 Å². The van der Waals surface area contributed by atoms with Gasteiger partial charge in [0.1, 0.15) is 5.78 Å². The fraction of sp³-hybridized carbons (Fsp3) is 0.933. The Hall–Kier alpha value is -0.370. The van der Waals surface area contributed by atoms with Crippen molar-refractivity contribution in [3.8, 4) is 0 Å². The van der Waals surface area contributed by atoms with Crippen LogP contribution in [0.15, 0.2) is 0 Å². The molecule has 1 saturated carbocycles. The Morgan fingerprint density at radius 1 is 1.12 bits per heavy atom. The maximum atomic E-state index is 12.7. The van der Waals surface area contributed by atoms with E-state index in [2.05, 4.69) is 27.7 Å². The number of hydrogen-bond acceptors (Lipinski definition) is 2. The highest BCUT2D eigenvalue weighted by atomic mass is 16.1. The van der Waals surface area contributed by atoms with E-state index < -0.39 is 0 Å². The molecule has 2 nitrogen and oxygen atoms in total. The van der Waals surface area contributed by atoms with Crippen molar-refractivity contribution >= 4 is 5.78 Å². The van der Waals surface area contributed by atoms with Crippen molar-refractivity contribution in [2.45, 2.75) is 59.8 Å². The standard InChI is InChI=1S/C15H29NO/c1-5-15(6-2,10-16)14(17)13-8-11(3)7-12(4)9-13/h11-13H,5-10,16H2,1-4H3. The van der Waals surface area contributed by atoms with E-state index in [-0.39, 0.29) is 11.3 Å². The zero-order valence-corrected chi connectivity index (χ0v) is 12.0. The summed E-state index contributed by atoms with van der Waals surface area (Å²) in [5.41, 5.74) is 5.64. The monoisotopic (exact) mass is 239 g/mol. The predicted molar refractivity (Wildman–Crippen MR) is 72.7 cm³/mol. The minimum absolute atomic E-state index is 0.249. The SMILES string of the molecule is CCC(CC)(CN)C(=O)C1CC(C)CC(C)C1. The Kier molecular flexibility index (Phi) is 5.18. The lowest BCUT2D eigenvalue weighted by atomic mass is 9.66. The third-order valence-corrected chi connectivity index (χ3v) is 4.82. The second-order valence-electron chi connectivity index (χ2n) is 6.17. The third-order valence-electron chi connectivity index (χ3n) is 4.82. The van der Waals surface area contributed by atoms with Crippen molar-refractivity contribution in [1.29, 1.82) is 0 Å². The molecule has 2 heteroatoms. The summed E-state index contributed by atoms with van der Waals surface area (Å²) < 4.78 is 0. The van der Waals surface area contributed by atoms with Gasteiger partial charge < -0.3 is 5.73 Å². The van der Waals surface area contributed by atoms with E-state index in [1.165, 1.54) is 6.42 Å². The van der Waals surface area contributed by atoms with E-state index in [4.69, 9.17) is 5.73 Å². The van der Waals surface area contributed by atoms with E-state index in [1.807, 2.05) is 0 Å². The van der Waals surface area contributed by atoms with Gasteiger partial charge in [0.25, 0.3) is 0 Å². The van der Waals surface area contributed by atoms with E-state index in [0.717, 1.165) is 25.7 Å². The van der Waals surface area contributed by atoms with E-state index in [0.29, 0.717) is 24.2 Å². The first kappa shape index (κ1) is 14.7. The molecule has 0 aromatic carbocycles. The van der Waals surface area contributed by atoms with E-state index in [9.17, 15) is 4.79 Å². The van der Waals surface area contributed by atoms with Gasteiger partial charge in [0.15, 0.2) is 0 Å². The van der Waals surface area contributed by atoms with Crippen LogP contribution in [0.3, 0.4) is 0 Å². The lowest BCUT2D eigenvalue weighted by Crippen LogP contribution is -2.43. The molecule has 100 valence electrons. The summed E-state index contributed by atoms with van der Waals surface area (Å²) in [6.45, 7) is 9.27. The fourth-order valence-corrected chi connectivity index (χ4v) is 3.58. The quantitative estimate of drug-likeness (QED) is 0.799. The Morgan fingerprint density at radius 2 is 1.59 bits per heavy atom. The molecule has 0 amide bonds. The normalized spacial score (nSPS) is 30.3. The summed E-state index contributed by atoms with van der Waals surface area (Å²) in [7, 11) is 0. The second-order valence-corrected chi connectivity index (χ2v) is 6.17. The van der Waals surface area contributed by atoms with Gasteiger partial charge in [-0.1, -0.05) is 27.7 Å². The van der Waals surface area contributed by atoms with Crippen LogP contribution < -0.4 is 5.73 Å². The smallest absolute Gasteiger partial charge is 0.143 e. The van der Waals surface area contributed by atoms with Gasteiger partial charge in [-0.05, 0) is 43.9 Å². The Bertz CT molecular complexity index is 239. The molecule has 1 aliphatic carbocycles. The molecule has 0 heterocycles. The Labute approximate surface area is 106 Å². The number of carbonyl (C=O) groups excluding carboxylic acids is 1. The van der Waals surface area contributed by atoms with Crippen LogP contribution in [0.5, 0.6) is 0 Å². The summed E-state index contributed by atoms with van der Waals surface area (Å²) >= 11 is 0. The molecule has 17 heavy (non-hydrogen) atoms. The van der Waals surface area contributed by atoms with Crippen LogP contribution in [0.4, 0.5) is 0 Å². The molecule has 2 unspecified atom stereocenters. The largest absolute Gasteiger partial charge is 0.329 e. The van der Waals surface area contributed by atoms with Crippen molar-refractivity contribution in [2.75, 3.05) is 6.54 Å². The Morgan fingerprint density at radius 3 is 1.94 bits per heavy atom. The van der Waals surface area contributed by atoms with Crippen molar-refractivity contribution in [3.63, 3.8) is 0 Å². The molecule has 0 radical (unpaired) electrons. The van der Waals surface area contributed by atoms with Gasteiger partial charge in [-0.3, -0.25) is 4.79 Å². The molecule has 1 aliphatic rings. The van der Waals surface area contributed by atoms with Crippen molar-refractivity contribution in [1.82, 2.24) is 0 Å². The van der Waals surface area contributed by atoms with Crippen LogP contribution in [-0.4, -0.2) is 12.3 Å². The molecule has 0 aromatic heterocycles. The number of Topliss-reactive ketones (excluding diaryl/α,β-unsaturated/α-hetero) is 1. The van der Waals surface area contributed by atoms with Crippen molar-refractivity contribution in [3.05, 3.63) is 0 Å². The maximum absolute atomic E-state index is 12.7. The summed E-state index contributed by atoms with van der Waals surface area (Å²) in [4.78, 5) is 12.7. The third kappa shape index (κ3) is 3.09. The van der Waals surface area contributed by atoms with Crippen LogP contribution in [0.1, 0.15) is 59.8 Å². The molecule has 0 aromatic rings. The topological polar surface area (TPSA) is 43.1 Å². The lowest BCUT2D eigenvalue weighted by Gasteiger charge is -2.37. The minimum atomic E-state index is -0.249. The van der Waals surface area contributed by atoms with Gasteiger partial charge in [-0.2, -0.15) is 0 Å². The number of rotatable bonds is 5. The molecular formula is C15H29NO. The van der Waals surface area contributed by atoms with Crippen LogP contribution >= 0.6 is 0 Å². The number of carbonyl (C=O) groups is 1. The van der Waals surface area contributed by atoms with Gasteiger partial charge in [0.2, 0.25) is 0 Å². The molecule has 1 rings (SSSR count). The molecule has 0 aliphatic heterocycles. The van der Waals surface area contributed by atoms with E-state index >= 15 is 0 Å². The predicted octanol–water partition coefficient (Wildman–Crippen LogP) is 3.39. The van der Waals surface area contributed by atoms with Crippen LogP contribution in [0.25, 0.3) is 0 Å². The zero-order chi connectivity index (χ0) is 13.1. The summed E-state index contributed by atoms with van der Waals surface area (Å²) in [6.07, 6.45) is 5.20. The molecule has 0 saturated heterocycles. The maximum Gasteiger partial charge on any atom is 0.143 e. The first-order valence-corrected chi connectivity index (χ1v) is 7.23. The van der Waals surface area contributed by atoms with Gasteiger partial charge in [-0.15, -0.1) is 0 Å². The summed E-state index contributed by atoms with van der Waals surface area (Å²) in [5.74, 6) is 2.09. The second kappa shape index (κ2) is 5.99. The molecular weight excluding hydrogens is 210 g/mol. The highest BCUT2D eigenvalue weighted by Crippen LogP contribution is 2.39. The molecule has 2 atom stereocenters. The summed E-state index contributed by atoms with van der Waals surface area (Å²) in [6, 6.07) is 0. The van der Waals surface area contributed by atoms with Gasteiger partial charge in [-0.25, -0.2) is 0 Å². The van der Waals surface area contributed by atoms with E-state index in [1.54, 1.807) is 0 Å². The lowest BCUT2D eigenvalue weighted by molar-refractivity contribution is -0.135. The Balaban J connectivity index is 2.80. The average Bonchev–Trinajstić information content (AvgIpc) is 2.30. The highest BCUT2D eigenvalue weighted by molar-refractivity contribution is 5.87. The molecule has 2 N–H and O–H groups in total. The minimum Gasteiger partial charge on any atom is -0.329 e. The van der Waals surface area contributed by atoms with Gasteiger partial charge in [0, 0.05) is 17.9 Å². The number of ketones is 1. The van der Waals surface area contributed by atoms with Crippen molar-refractivity contribution in [2.24, 2.45) is 28.9 Å². The number of hydrogen-bond donors (Lipinski definition) is 1. The molecule has 0 spiro atoms.